The minimum Gasteiger partial charge on any atom is -0.376 e. The lowest BCUT2D eigenvalue weighted by atomic mass is 10.1. The third-order valence-corrected chi connectivity index (χ3v) is 4.94. The average molecular weight is 327 g/mol. The average Bonchev–Trinajstić information content (AvgIpc) is 3.14. The van der Waals surface area contributed by atoms with Gasteiger partial charge in [0, 0.05) is 18.8 Å². The van der Waals surface area contributed by atoms with E-state index < -0.39 is 0 Å². The molecule has 5 nitrogen and oxygen atoms in total. The minimum atomic E-state index is 0.124. The summed E-state index contributed by atoms with van der Waals surface area (Å²) in [6.45, 7) is 1.86. The summed E-state index contributed by atoms with van der Waals surface area (Å²) in [4.78, 5) is 14.2. The molecule has 3 rings (SSSR count). The third-order valence-electron chi connectivity index (χ3n) is 4.94. The van der Waals surface area contributed by atoms with E-state index in [1.807, 2.05) is 17.0 Å². The van der Waals surface area contributed by atoms with E-state index in [4.69, 9.17) is 10.00 Å². The van der Waals surface area contributed by atoms with Crippen molar-refractivity contribution < 1.29 is 9.53 Å². The molecule has 5 heteroatoms. The van der Waals surface area contributed by atoms with E-state index in [1.165, 1.54) is 25.7 Å². The first-order chi connectivity index (χ1) is 11.7. The number of nitrogens with zero attached hydrogens (tertiary/aromatic N) is 2. The van der Waals surface area contributed by atoms with Gasteiger partial charge < -0.3 is 15.0 Å². The lowest BCUT2D eigenvalue weighted by Crippen LogP contribution is -2.43. The minimum absolute atomic E-state index is 0.124. The van der Waals surface area contributed by atoms with E-state index in [-0.39, 0.29) is 5.91 Å². The first-order valence-corrected chi connectivity index (χ1v) is 8.92. The SMILES string of the molecule is N#Cc1ccc(NCC(=O)N2CCC(OC3CCCC3)CC2)cc1. The van der Waals surface area contributed by atoms with Crippen LogP contribution in [-0.2, 0) is 9.53 Å². The smallest absolute Gasteiger partial charge is 0.241 e. The van der Waals surface area contributed by atoms with E-state index in [2.05, 4.69) is 11.4 Å². The van der Waals surface area contributed by atoms with Gasteiger partial charge in [-0.25, -0.2) is 0 Å². The number of rotatable bonds is 5. The second kappa shape index (κ2) is 8.16. The molecular formula is C19H25N3O2. The molecule has 1 aliphatic carbocycles. The van der Waals surface area contributed by atoms with Crippen molar-refractivity contribution in [2.24, 2.45) is 0 Å². The summed E-state index contributed by atoms with van der Waals surface area (Å²) < 4.78 is 6.15. The standard InChI is InChI=1S/C19H25N3O2/c20-13-15-5-7-16(8-6-15)21-14-19(23)22-11-9-18(10-12-22)24-17-3-1-2-4-17/h5-8,17-18,21H,1-4,9-12,14H2. The van der Waals surface area contributed by atoms with Crippen LogP contribution in [0.25, 0.3) is 0 Å². The Bertz CT molecular complexity index is 580. The Kier molecular flexibility index (Phi) is 5.71. The highest BCUT2D eigenvalue weighted by Crippen LogP contribution is 2.25. The summed E-state index contributed by atoms with van der Waals surface area (Å²) in [5, 5.41) is 11.9. The van der Waals surface area contributed by atoms with Crippen molar-refractivity contribution in [2.45, 2.75) is 50.7 Å². The molecule has 0 aromatic heterocycles. The van der Waals surface area contributed by atoms with E-state index >= 15 is 0 Å². The zero-order chi connectivity index (χ0) is 16.8. The molecule has 0 radical (unpaired) electrons. The molecule has 1 aliphatic heterocycles. The number of benzene rings is 1. The summed E-state index contributed by atoms with van der Waals surface area (Å²) in [7, 11) is 0. The van der Waals surface area contributed by atoms with Crippen LogP contribution in [0, 0.1) is 11.3 Å². The molecule has 1 aromatic rings. The summed E-state index contributed by atoms with van der Waals surface area (Å²) in [6, 6.07) is 9.24. The molecule has 24 heavy (non-hydrogen) atoms. The van der Waals surface area contributed by atoms with Gasteiger partial charge in [0.1, 0.15) is 0 Å². The predicted octanol–water partition coefficient (Wildman–Crippen LogP) is 2.92. The number of anilines is 1. The van der Waals surface area contributed by atoms with Crippen LogP contribution in [0.4, 0.5) is 5.69 Å². The Morgan fingerprint density at radius 3 is 2.38 bits per heavy atom. The predicted molar refractivity (Wildman–Crippen MR) is 92.6 cm³/mol. The fraction of sp³-hybridized carbons (Fsp3) is 0.579. The van der Waals surface area contributed by atoms with Crippen LogP contribution in [0.15, 0.2) is 24.3 Å². The number of amides is 1. The Balaban J connectivity index is 1.39. The van der Waals surface area contributed by atoms with E-state index in [0.717, 1.165) is 31.6 Å². The maximum atomic E-state index is 12.3. The molecule has 1 heterocycles. The first-order valence-electron chi connectivity index (χ1n) is 8.92. The van der Waals surface area contributed by atoms with Crippen LogP contribution in [0.1, 0.15) is 44.1 Å². The molecule has 2 aliphatic rings. The van der Waals surface area contributed by atoms with Crippen molar-refractivity contribution in [1.29, 1.82) is 5.26 Å². The quantitative estimate of drug-likeness (QED) is 0.903. The lowest BCUT2D eigenvalue weighted by Gasteiger charge is -2.33. The zero-order valence-corrected chi connectivity index (χ0v) is 14.0. The summed E-state index contributed by atoms with van der Waals surface area (Å²) >= 11 is 0. The molecule has 1 saturated carbocycles. The van der Waals surface area contributed by atoms with Crippen molar-refractivity contribution >= 4 is 11.6 Å². The van der Waals surface area contributed by atoms with Gasteiger partial charge in [-0.3, -0.25) is 4.79 Å². The largest absolute Gasteiger partial charge is 0.376 e. The molecule has 2 fully saturated rings. The van der Waals surface area contributed by atoms with Gasteiger partial charge >= 0.3 is 0 Å². The normalized spacial score (nSPS) is 19.2. The number of hydrogen-bond acceptors (Lipinski definition) is 4. The van der Waals surface area contributed by atoms with Crippen LogP contribution in [-0.4, -0.2) is 42.6 Å². The van der Waals surface area contributed by atoms with Gasteiger partial charge in [-0.15, -0.1) is 0 Å². The number of likely N-dealkylation sites (tertiary alicyclic amines) is 1. The number of nitriles is 1. The number of carbonyl (C=O) groups is 1. The van der Waals surface area contributed by atoms with Gasteiger partial charge in [0.2, 0.25) is 5.91 Å². The Hall–Kier alpha value is -2.06. The second-order valence-corrected chi connectivity index (χ2v) is 6.67. The highest BCUT2D eigenvalue weighted by molar-refractivity contribution is 5.81. The number of hydrogen-bond donors (Lipinski definition) is 1. The van der Waals surface area contributed by atoms with Crippen LogP contribution < -0.4 is 5.32 Å². The van der Waals surface area contributed by atoms with E-state index in [0.29, 0.717) is 24.3 Å². The summed E-state index contributed by atoms with van der Waals surface area (Å²) in [5.41, 5.74) is 1.48. The lowest BCUT2D eigenvalue weighted by molar-refractivity contribution is -0.132. The second-order valence-electron chi connectivity index (χ2n) is 6.67. The topological polar surface area (TPSA) is 65.4 Å². The van der Waals surface area contributed by atoms with Gasteiger partial charge in [-0.1, -0.05) is 12.8 Å². The Labute approximate surface area is 143 Å². The van der Waals surface area contributed by atoms with Crippen LogP contribution in [0.5, 0.6) is 0 Å². The van der Waals surface area contributed by atoms with Gasteiger partial charge in [0.25, 0.3) is 0 Å². The fourth-order valence-corrected chi connectivity index (χ4v) is 3.49. The number of nitrogens with one attached hydrogen (secondary N) is 1. The van der Waals surface area contributed by atoms with Crippen molar-refractivity contribution in [3.05, 3.63) is 29.8 Å². The van der Waals surface area contributed by atoms with Crippen LogP contribution in [0.3, 0.4) is 0 Å². The Morgan fingerprint density at radius 2 is 1.75 bits per heavy atom. The van der Waals surface area contributed by atoms with Crippen molar-refractivity contribution in [3.8, 4) is 6.07 Å². The highest BCUT2D eigenvalue weighted by atomic mass is 16.5. The zero-order valence-electron chi connectivity index (χ0n) is 14.0. The molecule has 0 unspecified atom stereocenters. The van der Waals surface area contributed by atoms with E-state index in [9.17, 15) is 4.79 Å². The molecule has 1 aromatic carbocycles. The first kappa shape index (κ1) is 16.8. The molecule has 0 spiro atoms. The van der Waals surface area contributed by atoms with Crippen LogP contribution in [0.2, 0.25) is 0 Å². The molecule has 0 atom stereocenters. The van der Waals surface area contributed by atoms with Gasteiger partial charge in [0.15, 0.2) is 0 Å². The van der Waals surface area contributed by atoms with Gasteiger partial charge in [-0.2, -0.15) is 5.26 Å². The molecule has 128 valence electrons. The van der Waals surface area contributed by atoms with Crippen molar-refractivity contribution in [2.75, 3.05) is 25.0 Å². The maximum absolute atomic E-state index is 12.3. The number of ether oxygens (including phenoxy) is 1. The Morgan fingerprint density at radius 1 is 1.12 bits per heavy atom. The van der Waals surface area contributed by atoms with Crippen molar-refractivity contribution in [1.82, 2.24) is 4.90 Å². The molecule has 1 N–H and O–H groups in total. The molecule has 1 amide bonds. The molecule has 0 bridgehead atoms. The number of piperidine rings is 1. The fourth-order valence-electron chi connectivity index (χ4n) is 3.49. The summed E-state index contributed by atoms with van der Waals surface area (Å²) in [5.74, 6) is 0.124. The van der Waals surface area contributed by atoms with Crippen molar-refractivity contribution in [3.63, 3.8) is 0 Å². The van der Waals surface area contributed by atoms with Gasteiger partial charge in [0.05, 0.1) is 30.4 Å². The highest BCUT2D eigenvalue weighted by Gasteiger charge is 2.26. The van der Waals surface area contributed by atoms with Crippen LogP contribution >= 0.6 is 0 Å². The van der Waals surface area contributed by atoms with Gasteiger partial charge in [-0.05, 0) is 49.9 Å². The van der Waals surface area contributed by atoms with E-state index in [1.54, 1.807) is 12.1 Å². The number of carbonyl (C=O) groups excluding carboxylic acids is 1. The third kappa shape index (κ3) is 4.48. The maximum Gasteiger partial charge on any atom is 0.241 e. The summed E-state index contributed by atoms with van der Waals surface area (Å²) in [6.07, 6.45) is 7.66. The monoisotopic (exact) mass is 327 g/mol. The molecule has 1 saturated heterocycles. The molecular weight excluding hydrogens is 302 g/mol.